The zero-order chi connectivity index (χ0) is 20.1. The number of aromatic nitrogens is 1. The van der Waals surface area contributed by atoms with Crippen LogP contribution in [-0.2, 0) is 6.54 Å². The fourth-order valence-electron chi connectivity index (χ4n) is 4.01. The van der Waals surface area contributed by atoms with Gasteiger partial charge in [-0.25, -0.2) is 0 Å². The first-order chi connectivity index (χ1) is 14.3. The molecular weight excluding hydrogens is 356 g/mol. The van der Waals surface area contributed by atoms with Crippen molar-refractivity contribution in [2.45, 2.75) is 26.3 Å². The van der Waals surface area contributed by atoms with Gasteiger partial charge in [0.1, 0.15) is 5.75 Å². The van der Waals surface area contributed by atoms with E-state index in [1.54, 1.807) is 12.7 Å². The Morgan fingerprint density at radius 1 is 0.931 bits per heavy atom. The number of rotatable bonds is 6. The highest BCUT2D eigenvalue weighted by Gasteiger charge is 2.20. The lowest BCUT2D eigenvalue weighted by Crippen LogP contribution is -2.31. The van der Waals surface area contributed by atoms with E-state index in [0.717, 1.165) is 55.0 Å². The Morgan fingerprint density at radius 2 is 1.69 bits per heavy atom. The molecule has 3 heteroatoms. The first kappa shape index (κ1) is 19.4. The van der Waals surface area contributed by atoms with Crippen LogP contribution in [0.4, 0.5) is 0 Å². The molecule has 0 N–H and O–H groups in total. The van der Waals surface area contributed by atoms with Gasteiger partial charge in [-0.3, -0.25) is 9.88 Å². The molecule has 0 saturated heterocycles. The molecule has 0 atom stereocenters. The van der Waals surface area contributed by atoms with Gasteiger partial charge >= 0.3 is 0 Å². The molecule has 4 rings (SSSR count). The van der Waals surface area contributed by atoms with Crippen LogP contribution < -0.4 is 4.74 Å². The van der Waals surface area contributed by atoms with Gasteiger partial charge in [-0.2, -0.15) is 0 Å². The van der Waals surface area contributed by atoms with Crippen LogP contribution in [0.5, 0.6) is 5.75 Å². The van der Waals surface area contributed by atoms with Crippen LogP contribution in [0.25, 0.3) is 16.7 Å². The molecule has 0 spiro atoms. The molecule has 0 radical (unpaired) electrons. The number of hydrogen-bond acceptors (Lipinski definition) is 3. The fraction of sp³-hybridized carbons (Fsp3) is 0.269. The summed E-state index contributed by atoms with van der Waals surface area (Å²) in [5.74, 6) is 0.872. The SMILES string of the molecule is CCC1=C(c2ccc(-c3ccc(OC)cc3)cn2)CN(Cc2ccccc2)CC1. The summed E-state index contributed by atoms with van der Waals surface area (Å²) in [5.41, 5.74) is 7.71. The molecule has 0 amide bonds. The molecule has 2 aromatic carbocycles. The number of methoxy groups -OCH3 is 1. The molecule has 29 heavy (non-hydrogen) atoms. The summed E-state index contributed by atoms with van der Waals surface area (Å²) in [4.78, 5) is 7.38. The zero-order valence-corrected chi connectivity index (χ0v) is 17.3. The largest absolute Gasteiger partial charge is 0.497 e. The highest BCUT2D eigenvalue weighted by Crippen LogP contribution is 2.30. The lowest BCUT2D eigenvalue weighted by atomic mass is 9.94. The molecule has 0 fully saturated rings. The third kappa shape index (κ3) is 4.57. The Morgan fingerprint density at radius 3 is 2.34 bits per heavy atom. The van der Waals surface area contributed by atoms with E-state index in [1.165, 1.54) is 11.1 Å². The fourth-order valence-corrected chi connectivity index (χ4v) is 4.01. The summed E-state index contributed by atoms with van der Waals surface area (Å²) < 4.78 is 5.25. The Labute approximate surface area is 173 Å². The quantitative estimate of drug-likeness (QED) is 0.535. The highest BCUT2D eigenvalue weighted by atomic mass is 16.5. The Bertz CT molecular complexity index is 960. The van der Waals surface area contributed by atoms with Gasteiger partial charge in [0.2, 0.25) is 0 Å². The average Bonchev–Trinajstić information content (AvgIpc) is 2.80. The topological polar surface area (TPSA) is 25.4 Å². The Hall–Kier alpha value is -2.91. The van der Waals surface area contributed by atoms with E-state index in [4.69, 9.17) is 9.72 Å². The van der Waals surface area contributed by atoms with Crippen molar-refractivity contribution in [3.63, 3.8) is 0 Å². The van der Waals surface area contributed by atoms with Gasteiger partial charge in [0.05, 0.1) is 12.8 Å². The summed E-state index contributed by atoms with van der Waals surface area (Å²) in [6, 6.07) is 23.2. The molecule has 0 bridgehead atoms. The molecule has 0 unspecified atom stereocenters. The molecule has 148 valence electrons. The van der Waals surface area contributed by atoms with Crippen molar-refractivity contribution < 1.29 is 4.74 Å². The second kappa shape index (κ2) is 9.06. The van der Waals surface area contributed by atoms with Gasteiger partial charge in [-0.1, -0.05) is 61.0 Å². The van der Waals surface area contributed by atoms with Crippen LogP contribution in [0.1, 0.15) is 31.0 Å². The molecular formula is C26H28N2O. The molecule has 1 aliphatic rings. The van der Waals surface area contributed by atoms with Gasteiger partial charge in [-0.05, 0) is 47.7 Å². The predicted octanol–water partition coefficient (Wildman–Crippen LogP) is 5.83. The molecule has 0 saturated carbocycles. The smallest absolute Gasteiger partial charge is 0.118 e. The van der Waals surface area contributed by atoms with Crippen molar-refractivity contribution in [2.75, 3.05) is 20.2 Å². The minimum atomic E-state index is 0.872. The van der Waals surface area contributed by atoms with E-state index in [-0.39, 0.29) is 0 Å². The summed E-state index contributed by atoms with van der Waals surface area (Å²) in [5, 5.41) is 0. The van der Waals surface area contributed by atoms with Gasteiger partial charge < -0.3 is 4.74 Å². The summed E-state index contributed by atoms with van der Waals surface area (Å²) in [7, 11) is 1.69. The maximum Gasteiger partial charge on any atom is 0.118 e. The van der Waals surface area contributed by atoms with Crippen molar-refractivity contribution in [2.24, 2.45) is 0 Å². The van der Waals surface area contributed by atoms with Crippen molar-refractivity contribution in [3.8, 4) is 16.9 Å². The monoisotopic (exact) mass is 384 g/mol. The number of benzene rings is 2. The van der Waals surface area contributed by atoms with E-state index in [9.17, 15) is 0 Å². The Balaban J connectivity index is 1.53. The van der Waals surface area contributed by atoms with E-state index in [2.05, 4.69) is 66.4 Å². The summed E-state index contributed by atoms with van der Waals surface area (Å²) in [6.45, 7) is 5.33. The van der Waals surface area contributed by atoms with Crippen molar-refractivity contribution in [1.82, 2.24) is 9.88 Å². The van der Waals surface area contributed by atoms with Gasteiger partial charge in [-0.15, -0.1) is 0 Å². The number of hydrogen-bond donors (Lipinski definition) is 0. The second-order valence-corrected chi connectivity index (χ2v) is 7.54. The van der Waals surface area contributed by atoms with Gasteiger partial charge in [0.15, 0.2) is 0 Å². The maximum absolute atomic E-state index is 5.25. The molecule has 3 aromatic rings. The standard InChI is InChI=1S/C26H28N2O/c1-3-21-15-16-28(18-20-7-5-4-6-8-20)19-25(21)26-14-11-23(17-27-26)22-9-12-24(29-2)13-10-22/h4-14,17H,3,15-16,18-19H2,1-2H3. The highest BCUT2D eigenvalue weighted by molar-refractivity contribution is 5.71. The van der Waals surface area contributed by atoms with Crippen molar-refractivity contribution in [1.29, 1.82) is 0 Å². The second-order valence-electron chi connectivity index (χ2n) is 7.54. The summed E-state index contributed by atoms with van der Waals surface area (Å²) >= 11 is 0. The van der Waals surface area contributed by atoms with Gasteiger partial charge in [0, 0.05) is 31.4 Å². The molecule has 1 aliphatic heterocycles. The third-order valence-electron chi connectivity index (χ3n) is 5.71. The minimum absolute atomic E-state index is 0.872. The maximum atomic E-state index is 5.25. The third-order valence-corrected chi connectivity index (χ3v) is 5.71. The summed E-state index contributed by atoms with van der Waals surface area (Å²) in [6.07, 6.45) is 4.21. The van der Waals surface area contributed by atoms with E-state index in [1.807, 2.05) is 18.3 Å². The van der Waals surface area contributed by atoms with Crippen molar-refractivity contribution >= 4 is 5.57 Å². The molecule has 1 aromatic heterocycles. The van der Waals surface area contributed by atoms with Crippen LogP contribution in [-0.4, -0.2) is 30.1 Å². The number of ether oxygens (including phenoxy) is 1. The first-order valence-electron chi connectivity index (χ1n) is 10.3. The number of pyridine rings is 1. The Kier molecular flexibility index (Phi) is 6.06. The predicted molar refractivity (Wildman–Crippen MR) is 120 cm³/mol. The van der Waals surface area contributed by atoms with E-state index in [0.29, 0.717) is 0 Å². The van der Waals surface area contributed by atoms with Crippen molar-refractivity contribution in [3.05, 3.63) is 89.8 Å². The van der Waals surface area contributed by atoms with Crippen LogP contribution in [0.15, 0.2) is 78.5 Å². The molecule has 0 aliphatic carbocycles. The lowest BCUT2D eigenvalue weighted by molar-refractivity contribution is 0.290. The van der Waals surface area contributed by atoms with Crippen LogP contribution >= 0.6 is 0 Å². The zero-order valence-electron chi connectivity index (χ0n) is 17.3. The molecule has 2 heterocycles. The lowest BCUT2D eigenvalue weighted by Gasteiger charge is -2.30. The van der Waals surface area contributed by atoms with Crippen LogP contribution in [0, 0.1) is 0 Å². The average molecular weight is 385 g/mol. The van der Waals surface area contributed by atoms with E-state index < -0.39 is 0 Å². The van der Waals surface area contributed by atoms with Gasteiger partial charge in [0.25, 0.3) is 0 Å². The van der Waals surface area contributed by atoms with E-state index >= 15 is 0 Å². The first-order valence-corrected chi connectivity index (χ1v) is 10.3. The molecule has 3 nitrogen and oxygen atoms in total. The normalized spacial score (nSPS) is 14.8. The minimum Gasteiger partial charge on any atom is -0.497 e. The van der Waals surface area contributed by atoms with Crippen LogP contribution in [0.2, 0.25) is 0 Å². The van der Waals surface area contributed by atoms with Crippen LogP contribution in [0.3, 0.4) is 0 Å². The number of nitrogens with zero attached hydrogens (tertiary/aromatic N) is 2.